The molecule has 5 rings (SSSR count). The van der Waals surface area contributed by atoms with Crippen molar-refractivity contribution in [3.63, 3.8) is 0 Å². The normalized spacial score (nSPS) is 23.4. The minimum atomic E-state index is -3.00. The molecule has 2 N–H and O–H groups in total. The average Bonchev–Trinajstić information content (AvgIpc) is 3.53. The standard InChI is InChI=1S/C27H37N5O5S/c1-38(35,36)17-3-16-37-24-5-2-4-23-22(24)12-15-32(23)25-10-13-28-27(30-25)29-20-8-6-19(7-9-20)26(34)31-14-11-21(33)18-31/h2,4-5,10,13,19-21,33H,3,6-9,11-12,14-18H2,1H3,(H,28,29,30)/t19-,20-,21-/m1/s1. The number of β-amino-alcohol motifs (C(OH)–C–C–N with tert-alkyl or cyclic N) is 1. The third-order valence-corrected chi connectivity index (χ3v) is 8.73. The molecule has 1 amide bonds. The second-order valence-corrected chi connectivity index (χ2v) is 12.9. The first-order valence-corrected chi connectivity index (χ1v) is 15.6. The lowest BCUT2D eigenvalue weighted by Gasteiger charge is -2.31. The summed E-state index contributed by atoms with van der Waals surface area (Å²) in [7, 11) is -3.00. The Morgan fingerprint density at radius 2 is 1.97 bits per heavy atom. The minimum absolute atomic E-state index is 0.0366. The van der Waals surface area contributed by atoms with Gasteiger partial charge in [0.2, 0.25) is 11.9 Å². The predicted molar refractivity (Wildman–Crippen MR) is 146 cm³/mol. The zero-order valence-electron chi connectivity index (χ0n) is 21.9. The maximum atomic E-state index is 12.8. The fourth-order valence-electron chi connectivity index (χ4n) is 5.72. The van der Waals surface area contributed by atoms with Gasteiger partial charge in [-0.25, -0.2) is 13.4 Å². The summed E-state index contributed by atoms with van der Waals surface area (Å²) in [5, 5.41) is 13.2. The summed E-state index contributed by atoms with van der Waals surface area (Å²) in [6.45, 7) is 2.26. The van der Waals surface area contributed by atoms with E-state index in [2.05, 4.69) is 21.3 Å². The number of nitrogens with zero attached hydrogens (tertiary/aromatic N) is 4. The second-order valence-electron chi connectivity index (χ2n) is 10.6. The van der Waals surface area contributed by atoms with E-state index in [1.54, 1.807) is 6.20 Å². The molecule has 2 aromatic rings. The highest BCUT2D eigenvalue weighted by molar-refractivity contribution is 7.90. The molecule has 1 saturated heterocycles. The zero-order chi connectivity index (χ0) is 26.7. The molecule has 2 aliphatic heterocycles. The van der Waals surface area contributed by atoms with Gasteiger partial charge >= 0.3 is 0 Å². The van der Waals surface area contributed by atoms with Crippen LogP contribution in [-0.2, 0) is 21.1 Å². The molecule has 2 fully saturated rings. The van der Waals surface area contributed by atoms with E-state index in [4.69, 9.17) is 9.72 Å². The number of carbonyl (C=O) groups excluding carboxylic acids is 1. The molecule has 1 aliphatic carbocycles. The van der Waals surface area contributed by atoms with E-state index in [0.29, 0.717) is 38.5 Å². The van der Waals surface area contributed by atoms with Gasteiger partial charge in [0.1, 0.15) is 21.4 Å². The van der Waals surface area contributed by atoms with Crippen molar-refractivity contribution >= 4 is 33.2 Å². The SMILES string of the molecule is CS(=O)(=O)CCCOc1cccc2c1CCN2c1ccnc(N[C@H]2CC[C@H](C(=O)N3CC[C@@H](O)C3)CC2)n1. The van der Waals surface area contributed by atoms with Crippen LogP contribution < -0.4 is 15.0 Å². The topological polar surface area (TPSA) is 125 Å². The maximum Gasteiger partial charge on any atom is 0.225 e. The lowest BCUT2D eigenvalue weighted by atomic mass is 9.85. The Balaban J connectivity index is 1.17. The van der Waals surface area contributed by atoms with Crippen LogP contribution in [0, 0.1) is 5.92 Å². The van der Waals surface area contributed by atoms with Crippen LogP contribution in [0.15, 0.2) is 30.5 Å². The molecule has 1 saturated carbocycles. The van der Waals surface area contributed by atoms with Crippen LogP contribution >= 0.6 is 0 Å². The van der Waals surface area contributed by atoms with Crippen molar-refractivity contribution in [1.29, 1.82) is 0 Å². The largest absolute Gasteiger partial charge is 0.493 e. The van der Waals surface area contributed by atoms with Crippen LogP contribution in [0.25, 0.3) is 0 Å². The molecule has 1 aromatic carbocycles. The molecule has 1 aromatic heterocycles. The van der Waals surface area contributed by atoms with E-state index in [9.17, 15) is 18.3 Å². The van der Waals surface area contributed by atoms with Crippen molar-refractivity contribution in [2.75, 3.05) is 48.5 Å². The number of amides is 1. The number of aliphatic hydroxyl groups is 1. The van der Waals surface area contributed by atoms with Gasteiger partial charge in [-0.1, -0.05) is 6.07 Å². The summed E-state index contributed by atoms with van der Waals surface area (Å²) in [6.07, 6.45) is 8.00. The predicted octanol–water partition coefficient (Wildman–Crippen LogP) is 2.55. The molecule has 3 heterocycles. The summed E-state index contributed by atoms with van der Waals surface area (Å²) in [4.78, 5) is 26.0. The molecule has 11 heteroatoms. The highest BCUT2D eigenvalue weighted by Crippen LogP contribution is 2.39. The highest BCUT2D eigenvalue weighted by atomic mass is 32.2. The van der Waals surface area contributed by atoms with Gasteiger partial charge in [-0.05, 0) is 63.1 Å². The van der Waals surface area contributed by atoms with E-state index in [-0.39, 0.29) is 29.7 Å². The van der Waals surface area contributed by atoms with E-state index >= 15 is 0 Å². The summed E-state index contributed by atoms with van der Waals surface area (Å²) < 4.78 is 28.7. The van der Waals surface area contributed by atoms with Gasteiger partial charge in [-0.3, -0.25) is 4.79 Å². The maximum absolute atomic E-state index is 12.8. The number of anilines is 3. The lowest BCUT2D eigenvalue weighted by Crippen LogP contribution is -2.38. The van der Waals surface area contributed by atoms with Crippen molar-refractivity contribution in [2.24, 2.45) is 5.92 Å². The van der Waals surface area contributed by atoms with Gasteiger partial charge in [0.05, 0.1) is 18.5 Å². The summed E-state index contributed by atoms with van der Waals surface area (Å²) in [5.74, 6) is 2.53. The van der Waals surface area contributed by atoms with E-state index < -0.39 is 9.84 Å². The van der Waals surface area contributed by atoms with Crippen LogP contribution in [0.3, 0.4) is 0 Å². The third-order valence-electron chi connectivity index (χ3n) is 7.70. The molecule has 0 bridgehead atoms. The lowest BCUT2D eigenvalue weighted by molar-refractivity contribution is -0.135. The summed E-state index contributed by atoms with van der Waals surface area (Å²) in [6, 6.07) is 8.06. The van der Waals surface area contributed by atoms with Gasteiger partial charge in [-0.2, -0.15) is 4.98 Å². The van der Waals surface area contributed by atoms with Crippen LogP contribution in [0.2, 0.25) is 0 Å². The summed E-state index contributed by atoms with van der Waals surface area (Å²) >= 11 is 0. The number of aromatic nitrogens is 2. The number of nitrogens with one attached hydrogen (secondary N) is 1. The van der Waals surface area contributed by atoms with Crippen molar-refractivity contribution in [3.8, 4) is 5.75 Å². The van der Waals surface area contributed by atoms with E-state index in [0.717, 1.165) is 61.5 Å². The number of sulfone groups is 1. The first-order valence-electron chi connectivity index (χ1n) is 13.5. The van der Waals surface area contributed by atoms with Gasteiger partial charge in [0.25, 0.3) is 0 Å². The fraction of sp³-hybridized carbons (Fsp3) is 0.593. The van der Waals surface area contributed by atoms with Crippen LogP contribution in [0.5, 0.6) is 5.75 Å². The monoisotopic (exact) mass is 543 g/mol. The van der Waals surface area contributed by atoms with Crippen molar-refractivity contribution < 1.29 is 23.1 Å². The number of likely N-dealkylation sites (tertiary alicyclic amines) is 1. The molecule has 38 heavy (non-hydrogen) atoms. The van der Waals surface area contributed by atoms with Gasteiger partial charge < -0.3 is 25.0 Å². The van der Waals surface area contributed by atoms with Crippen LogP contribution in [0.1, 0.15) is 44.1 Å². The second kappa shape index (κ2) is 11.4. The van der Waals surface area contributed by atoms with Crippen molar-refractivity contribution in [3.05, 3.63) is 36.0 Å². The molecule has 206 valence electrons. The first kappa shape index (κ1) is 26.7. The Kier molecular flexibility index (Phi) is 8.04. The average molecular weight is 544 g/mol. The molecule has 10 nitrogen and oxygen atoms in total. The Hall–Kier alpha value is -2.92. The van der Waals surface area contributed by atoms with E-state index in [1.807, 2.05) is 23.1 Å². The number of aliphatic hydroxyl groups excluding tert-OH is 1. The smallest absolute Gasteiger partial charge is 0.225 e. The number of carbonyl (C=O) groups is 1. The number of rotatable bonds is 9. The Morgan fingerprint density at radius 1 is 1.16 bits per heavy atom. The molecule has 0 radical (unpaired) electrons. The van der Waals surface area contributed by atoms with Crippen LogP contribution in [-0.4, -0.2) is 84.7 Å². The summed E-state index contributed by atoms with van der Waals surface area (Å²) in [5.41, 5.74) is 2.15. The molecule has 0 spiro atoms. The fourth-order valence-corrected chi connectivity index (χ4v) is 6.36. The third kappa shape index (κ3) is 6.37. The van der Waals surface area contributed by atoms with Gasteiger partial charge in [0.15, 0.2) is 0 Å². The van der Waals surface area contributed by atoms with Gasteiger partial charge in [0, 0.05) is 55.3 Å². The zero-order valence-corrected chi connectivity index (χ0v) is 22.7. The highest BCUT2D eigenvalue weighted by Gasteiger charge is 2.33. The minimum Gasteiger partial charge on any atom is -0.493 e. The number of fused-ring (bicyclic) bond motifs is 1. The first-order chi connectivity index (χ1) is 18.3. The number of ether oxygens (including phenoxy) is 1. The number of hydrogen-bond acceptors (Lipinski definition) is 9. The molecular weight excluding hydrogens is 506 g/mol. The quantitative estimate of drug-likeness (QED) is 0.459. The number of hydrogen-bond donors (Lipinski definition) is 2. The molecule has 3 aliphatic rings. The van der Waals surface area contributed by atoms with Gasteiger partial charge in [-0.15, -0.1) is 0 Å². The van der Waals surface area contributed by atoms with E-state index in [1.165, 1.54) is 6.26 Å². The Bertz CT molecular complexity index is 1250. The van der Waals surface area contributed by atoms with Crippen molar-refractivity contribution in [1.82, 2.24) is 14.9 Å². The Morgan fingerprint density at radius 3 is 2.71 bits per heavy atom. The molecular formula is C27H37N5O5S. The molecule has 0 unspecified atom stereocenters. The Labute approximate surface area is 224 Å². The number of benzene rings is 1. The van der Waals surface area contributed by atoms with Crippen LogP contribution in [0.4, 0.5) is 17.5 Å². The van der Waals surface area contributed by atoms with Crippen molar-refractivity contribution in [2.45, 2.75) is 57.1 Å². The molecule has 1 atom stereocenters.